The molecule has 0 aliphatic carbocycles. The molecule has 0 unspecified atom stereocenters. The molecule has 4 atom stereocenters. The van der Waals surface area contributed by atoms with Crippen molar-refractivity contribution in [3.8, 4) is 0 Å². The molecule has 1 aliphatic rings. The molecule has 1 fully saturated rings. The van der Waals surface area contributed by atoms with E-state index in [1.54, 1.807) is 0 Å². The molecular weight excluding hydrogens is 368 g/mol. The molecule has 5 heteroatoms. The zero-order valence-electron chi connectivity index (χ0n) is 18.6. The Bertz CT molecular complexity index is 387. The third-order valence-electron chi connectivity index (χ3n) is 5.75. The highest BCUT2D eigenvalue weighted by atomic mass is 16.6. The van der Waals surface area contributed by atoms with E-state index in [4.69, 9.17) is 14.6 Å². The molecule has 0 spiro atoms. The summed E-state index contributed by atoms with van der Waals surface area (Å²) in [5.74, 6) is 0. The van der Waals surface area contributed by atoms with Gasteiger partial charge in [-0.2, -0.15) is 0 Å². The number of rotatable bonds is 19. The Hall–Kier alpha value is -0.460. The topological polar surface area (TPSA) is 79.2 Å². The summed E-state index contributed by atoms with van der Waals surface area (Å²) in [5.41, 5.74) is 0. The van der Waals surface area contributed by atoms with Gasteiger partial charge in [-0.15, -0.1) is 0 Å². The minimum atomic E-state index is -1.02. The lowest BCUT2D eigenvalue weighted by atomic mass is 10.0. The summed E-state index contributed by atoms with van der Waals surface area (Å²) in [6, 6.07) is 0. The number of unbranched alkanes of at least 4 members (excludes halogenated alkanes) is 13. The summed E-state index contributed by atoms with van der Waals surface area (Å²) in [7, 11) is 0. The molecule has 5 nitrogen and oxygen atoms in total. The van der Waals surface area contributed by atoms with E-state index in [2.05, 4.69) is 13.0 Å². The molecule has 29 heavy (non-hydrogen) atoms. The molecule has 0 bridgehead atoms. The average molecular weight is 415 g/mol. The van der Waals surface area contributed by atoms with E-state index in [0.29, 0.717) is 6.61 Å². The first kappa shape index (κ1) is 26.6. The minimum Gasteiger partial charge on any atom is -0.394 e. The Morgan fingerprint density at radius 1 is 0.897 bits per heavy atom. The Morgan fingerprint density at radius 2 is 1.45 bits per heavy atom. The van der Waals surface area contributed by atoms with Gasteiger partial charge >= 0.3 is 0 Å². The summed E-state index contributed by atoms with van der Waals surface area (Å²) in [6.45, 7) is 2.39. The summed E-state index contributed by atoms with van der Waals surface area (Å²) in [4.78, 5) is 0. The maximum Gasteiger partial charge on any atom is 0.115 e. The fourth-order valence-corrected chi connectivity index (χ4v) is 3.89. The van der Waals surface area contributed by atoms with Crippen LogP contribution in [0.4, 0.5) is 0 Å². The highest BCUT2D eigenvalue weighted by Crippen LogP contribution is 2.21. The zero-order chi connectivity index (χ0) is 21.2. The van der Waals surface area contributed by atoms with E-state index in [0.717, 1.165) is 6.42 Å². The van der Waals surface area contributed by atoms with Crippen LogP contribution in [0.1, 0.15) is 96.8 Å². The maximum atomic E-state index is 9.87. The van der Waals surface area contributed by atoms with E-state index in [1.807, 2.05) is 6.08 Å². The van der Waals surface area contributed by atoms with E-state index < -0.39 is 31.0 Å². The van der Waals surface area contributed by atoms with Crippen LogP contribution in [0.3, 0.4) is 0 Å². The Labute approximate surface area is 178 Å². The van der Waals surface area contributed by atoms with Gasteiger partial charge in [-0.1, -0.05) is 96.1 Å². The van der Waals surface area contributed by atoms with Crippen molar-refractivity contribution in [3.63, 3.8) is 0 Å². The van der Waals surface area contributed by atoms with Crippen molar-refractivity contribution in [3.05, 3.63) is 12.2 Å². The molecule has 0 radical (unpaired) electrons. The SMILES string of the molecule is CCCCCCCCCCCCCCC/C=C/CO[C@@H]1[C@H]([C@@H](O)CO)OC[C@H]1O. The lowest BCUT2D eigenvalue weighted by Gasteiger charge is -2.23. The number of hydrogen-bond acceptors (Lipinski definition) is 5. The van der Waals surface area contributed by atoms with Crippen molar-refractivity contribution in [1.29, 1.82) is 0 Å². The summed E-state index contributed by atoms with van der Waals surface area (Å²) >= 11 is 0. The second kappa shape index (κ2) is 18.3. The lowest BCUT2D eigenvalue weighted by Crippen LogP contribution is -2.42. The van der Waals surface area contributed by atoms with Crippen molar-refractivity contribution in [2.45, 2.75) is 121 Å². The van der Waals surface area contributed by atoms with Gasteiger partial charge in [0, 0.05) is 0 Å². The molecule has 0 aromatic heterocycles. The van der Waals surface area contributed by atoms with Gasteiger partial charge in [0.05, 0.1) is 19.8 Å². The molecule has 0 aromatic rings. The van der Waals surface area contributed by atoms with Crippen LogP contribution in [0, 0.1) is 0 Å². The Morgan fingerprint density at radius 3 is 2.00 bits per heavy atom. The standard InChI is InChI=1S/C24H46O5/c1-2-3-4-5-6-7-8-9-10-11-12-13-14-15-16-17-18-28-24-22(27)20-29-23(24)21(26)19-25/h16-17,21-27H,2-15,18-20H2,1H3/b17-16+/t21-,22+,23-,24-/m0/s1. The number of allylic oxidation sites excluding steroid dienone is 1. The second-order valence-corrected chi connectivity index (χ2v) is 8.42. The molecular formula is C24H46O5. The van der Waals surface area contributed by atoms with Crippen molar-refractivity contribution in [2.75, 3.05) is 19.8 Å². The highest BCUT2D eigenvalue weighted by molar-refractivity contribution is 4.91. The van der Waals surface area contributed by atoms with Crippen LogP contribution in [0.25, 0.3) is 0 Å². The predicted molar refractivity (Wildman–Crippen MR) is 118 cm³/mol. The molecule has 0 amide bonds. The molecule has 1 saturated heterocycles. The van der Waals surface area contributed by atoms with Crippen molar-refractivity contribution >= 4 is 0 Å². The first-order chi connectivity index (χ1) is 14.2. The molecule has 172 valence electrons. The first-order valence-electron chi connectivity index (χ1n) is 12.1. The maximum absolute atomic E-state index is 9.87. The molecule has 1 aliphatic heterocycles. The van der Waals surface area contributed by atoms with Crippen molar-refractivity contribution in [2.24, 2.45) is 0 Å². The van der Waals surface area contributed by atoms with Crippen LogP contribution in [-0.2, 0) is 9.47 Å². The van der Waals surface area contributed by atoms with Gasteiger partial charge in [0.2, 0.25) is 0 Å². The zero-order valence-corrected chi connectivity index (χ0v) is 18.6. The second-order valence-electron chi connectivity index (χ2n) is 8.42. The minimum absolute atomic E-state index is 0.134. The summed E-state index contributed by atoms with van der Waals surface area (Å²) in [5, 5.41) is 28.6. The molecule has 0 aromatic carbocycles. The summed E-state index contributed by atoms with van der Waals surface area (Å²) in [6.07, 6.45) is 19.9. The number of aliphatic hydroxyl groups excluding tert-OH is 3. The van der Waals surface area contributed by atoms with Crippen LogP contribution in [-0.4, -0.2) is 59.6 Å². The van der Waals surface area contributed by atoms with E-state index in [-0.39, 0.29) is 6.61 Å². The Balaban J connectivity index is 1.88. The largest absolute Gasteiger partial charge is 0.394 e. The van der Waals surface area contributed by atoms with Gasteiger partial charge in [0.15, 0.2) is 0 Å². The van der Waals surface area contributed by atoms with Gasteiger partial charge in [0.1, 0.15) is 24.4 Å². The molecule has 3 N–H and O–H groups in total. The van der Waals surface area contributed by atoms with Gasteiger partial charge in [-0.25, -0.2) is 0 Å². The normalized spacial score (nSPS) is 23.2. The van der Waals surface area contributed by atoms with Gasteiger partial charge in [-0.3, -0.25) is 0 Å². The lowest BCUT2D eigenvalue weighted by molar-refractivity contribution is -0.0879. The fourth-order valence-electron chi connectivity index (χ4n) is 3.89. The third kappa shape index (κ3) is 12.7. The third-order valence-corrected chi connectivity index (χ3v) is 5.75. The average Bonchev–Trinajstić information content (AvgIpc) is 3.10. The van der Waals surface area contributed by atoms with E-state index in [9.17, 15) is 10.2 Å². The van der Waals surface area contributed by atoms with E-state index >= 15 is 0 Å². The van der Waals surface area contributed by atoms with Crippen LogP contribution >= 0.6 is 0 Å². The van der Waals surface area contributed by atoms with Crippen molar-refractivity contribution in [1.82, 2.24) is 0 Å². The first-order valence-corrected chi connectivity index (χ1v) is 12.1. The number of hydrogen-bond donors (Lipinski definition) is 3. The van der Waals surface area contributed by atoms with E-state index in [1.165, 1.54) is 83.5 Å². The van der Waals surface area contributed by atoms with Crippen LogP contribution in [0.15, 0.2) is 12.2 Å². The van der Waals surface area contributed by atoms with Gasteiger partial charge in [0.25, 0.3) is 0 Å². The monoisotopic (exact) mass is 414 g/mol. The van der Waals surface area contributed by atoms with Crippen LogP contribution < -0.4 is 0 Å². The van der Waals surface area contributed by atoms with Crippen LogP contribution in [0.5, 0.6) is 0 Å². The van der Waals surface area contributed by atoms with Gasteiger partial charge in [-0.05, 0) is 12.8 Å². The number of aliphatic hydroxyl groups is 3. The highest BCUT2D eigenvalue weighted by Gasteiger charge is 2.40. The molecule has 1 rings (SSSR count). The Kier molecular flexibility index (Phi) is 16.8. The predicted octanol–water partition coefficient (Wildman–Crippen LogP) is 4.52. The summed E-state index contributed by atoms with van der Waals surface area (Å²) < 4.78 is 10.9. The fraction of sp³-hybridized carbons (Fsp3) is 0.917. The molecule has 1 heterocycles. The smallest absolute Gasteiger partial charge is 0.115 e. The molecule has 0 saturated carbocycles. The number of ether oxygens (including phenoxy) is 2. The van der Waals surface area contributed by atoms with Gasteiger partial charge < -0.3 is 24.8 Å². The quantitative estimate of drug-likeness (QED) is 0.214. The van der Waals surface area contributed by atoms with Crippen LogP contribution in [0.2, 0.25) is 0 Å². The van der Waals surface area contributed by atoms with Crippen molar-refractivity contribution < 1.29 is 24.8 Å².